The van der Waals surface area contributed by atoms with Crippen molar-refractivity contribution in [1.29, 1.82) is 0 Å². The molecule has 2 rings (SSSR count). The summed E-state index contributed by atoms with van der Waals surface area (Å²) in [5.41, 5.74) is 6.23. The van der Waals surface area contributed by atoms with Gasteiger partial charge >= 0.3 is 6.03 Å². The van der Waals surface area contributed by atoms with Gasteiger partial charge < -0.3 is 10.6 Å². The van der Waals surface area contributed by atoms with Crippen LogP contribution in [-0.2, 0) is 6.54 Å². The zero-order chi connectivity index (χ0) is 19.8. The normalized spacial score (nSPS) is 10.2. The molecule has 0 saturated carbocycles. The Balaban J connectivity index is 1.84. The number of benzene rings is 2. The first kappa shape index (κ1) is 20.3. The van der Waals surface area contributed by atoms with Gasteiger partial charge in [0.25, 0.3) is 11.8 Å². The third-order valence-electron chi connectivity index (χ3n) is 3.47. The first-order chi connectivity index (χ1) is 12.8. The van der Waals surface area contributed by atoms with Crippen molar-refractivity contribution in [2.45, 2.75) is 26.4 Å². The molecule has 2 aromatic rings. The van der Waals surface area contributed by atoms with E-state index >= 15 is 0 Å². The van der Waals surface area contributed by atoms with E-state index in [0.717, 1.165) is 5.56 Å². The van der Waals surface area contributed by atoms with Crippen LogP contribution in [0, 0.1) is 0 Å². The van der Waals surface area contributed by atoms with Crippen LogP contribution < -0.4 is 21.5 Å². The first-order valence-corrected chi connectivity index (χ1v) is 8.72. The van der Waals surface area contributed by atoms with Gasteiger partial charge in [0, 0.05) is 28.7 Å². The lowest BCUT2D eigenvalue weighted by atomic mass is 10.1. The average Bonchev–Trinajstić information content (AvgIpc) is 2.64. The summed E-state index contributed by atoms with van der Waals surface area (Å²) in [5, 5.41) is 5.88. The fourth-order valence-corrected chi connectivity index (χ4v) is 2.35. The van der Waals surface area contributed by atoms with Gasteiger partial charge in [-0.2, -0.15) is 0 Å². The molecule has 0 saturated heterocycles. The maximum absolute atomic E-state index is 12.1. The average molecular weight is 389 g/mol. The first-order valence-electron chi connectivity index (χ1n) is 8.34. The fourth-order valence-electron chi connectivity index (χ4n) is 2.16. The molecule has 0 unspecified atom stereocenters. The maximum Gasteiger partial charge on any atom is 0.315 e. The van der Waals surface area contributed by atoms with Crippen LogP contribution in [0.2, 0.25) is 5.02 Å². The monoisotopic (exact) mass is 388 g/mol. The molecule has 0 heterocycles. The van der Waals surface area contributed by atoms with Crippen molar-refractivity contribution in [1.82, 2.24) is 21.5 Å². The topological polar surface area (TPSA) is 99.3 Å². The fraction of sp³-hybridized carbons (Fsp3) is 0.211. The maximum atomic E-state index is 12.1. The van der Waals surface area contributed by atoms with E-state index in [1.54, 1.807) is 42.5 Å². The Morgan fingerprint density at radius 3 is 2.15 bits per heavy atom. The van der Waals surface area contributed by atoms with Crippen LogP contribution >= 0.6 is 11.6 Å². The van der Waals surface area contributed by atoms with Gasteiger partial charge in [-0.3, -0.25) is 20.4 Å². The molecule has 0 aliphatic heterocycles. The summed E-state index contributed by atoms with van der Waals surface area (Å²) < 4.78 is 0. The third kappa shape index (κ3) is 6.63. The molecule has 0 spiro atoms. The summed E-state index contributed by atoms with van der Waals surface area (Å²) >= 11 is 5.83. The highest BCUT2D eigenvalue weighted by molar-refractivity contribution is 6.30. The van der Waals surface area contributed by atoms with Crippen LogP contribution in [0.1, 0.15) is 40.1 Å². The van der Waals surface area contributed by atoms with Crippen LogP contribution in [0.5, 0.6) is 0 Å². The number of rotatable bonds is 5. The minimum absolute atomic E-state index is 0.0539. The van der Waals surface area contributed by atoms with E-state index < -0.39 is 11.8 Å². The van der Waals surface area contributed by atoms with Crippen molar-refractivity contribution in [3.8, 4) is 0 Å². The van der Waals surface area contributed by atoms with E-state index in [1.165, 1.54) is 6.07 Å². The highest BCUT2D eigenvalue weighted by atomic mass is 35.5. The molecule has 27 heavy (non-hydrogen) atoms. The molecule has 0 aliphatic carbocycles. The summed E-state index contributed by atoms with van der Waals surface area (Å²) in [6.07, 6.45) is 0. The number of halogens is 1. The molecule has 0 aliphatic rings. The van der Waals surface area contributed by atoms with Gasteiger partial charge in [0.15, 0.2) is 0 Å². The van der Waals surface area contributed by atoms with Gasteiger partial charge in [0.05, 0.1) is 0 Å². The lowest BCUT2D eigenvalue weighted by Crippen LogP contribution is -2.41. The van der Waals surface area contributed by atoms with Crippen LogP contribution in [0.4, 0.5) is 4.79 Å². The Morgan fingerprint density at radius 1 is 0.926 bits per heavy atom. The Kier molecular flexibility index (Phi) is 7.19. The SMILES string of the molecule is CC(C)NC(=O)NCc1ccc(C(=O)NNC(=O)c2cccc(Cl)c2)cc1. The van der Waals surface area contributed by atoms with Crippen molar-refractivity contribution < 1.29 is 14.4 Å². The minimum atomic E-state index is -0.470. The molecular formula is C19H21ClN4O3. The number of hydrogen-bond acceptors (Lipinski definition) is 3. The Labute approximate surface area is 162 Å². The summed E-state index contributed by atoms with van der Waals surface area (Å²) in [5.74, 6) is -0.926. The van der Waals surface area contributed by atoms with E-state index in [-0.39, 0.29) is 12.1 Å². The molecule has 0 radical (unpaired) electrons. The standard InChI is InChI=1S/C19H21ClN4O3/c1-12(2)22-19(27)21-11-13-6-8-14(9-7-13)17(25)23-24-18(26)15-4-3-5-16(20)10-15/h3-10,12H,11H2,1-2H3,(H,23,25)(H,24,26)(H2,21,22,27). The quantitative estimate of drug-likeness (QED) is 0.592. The number of carbonyl (C=O) groups excluding carboxylic acids is 3. The van der Waals surface area contributed by atoms with E-state index in [2.05, 4.69) is 21.5 Å². The molecule has 0 bridgehead atoms. The molecule has 7 nitrogen and oxygen atoms in total. The van der Waals surface area contributed by atoms with Gasteiger partial charge in [0.2, 0.25) is 0 Å². The summed E-state index contributed by atoms with van der Waals surface area (Å²) in [6, 6.07) is 12.9. The summed E-state index contributed by atoms with van der Waals surface area (Å²) in [7, 11) is 0. The van der Waals surface area contributed by atoms with Crippen LogP contribution in [0.3, 0.4) is 0 Å². The second-order valence-electron chi connectivity index (χ2n) is 6.10. The second kappa shape index (κ2) is 9.59. The van der Waals surface area contributed by atoms with Gasteiger partial charge in [-0.15, -0.1) is 0 Å². The number of nitrogens with one attached hydrogen (secondary N) is 4. The molecular weight excluding hydrogens is 368 g/mol. The van der Waals surface area contributed by atoms with E-state index in [0.29, 0.717) is 22.7 Å². The number of hydrogen-bond donors (Lipinski definition) is 4. The lowest BCUT2D eigenvalue weighted by molar-refractivity contribution is 0.0846. The van der Waals surface area contributed by atoms with Gasteiger partial charge in [-0.1, -0.05) is 29.8 Å². The molecule has 0 fully saturated rings. The predicted octanol–water partition coefficient (Wildman–Crippen LogP) is 2.62. The van der Waals surface area contributed by atoms with Crippen molar-refractivity contribution in [3.05, 3.63) is 70.2 Å². The van der Waals surface area contributed by atoms with E-state index in [4.69, 9.17) is 11.6 Å². The van der Waals surface area contributed by atoms with Crippen molar-refractivity contribution in [3.63, 3.8) is 0 Å². The number of carbonyl (C=O) groups is 3. The molecule has 8 heteroatoms. The van der Waals surface area contributed by atoms with E-state index in [9.17, 15) is 14.4 Å². The predicted molar refractivity (Wildman–Crippen MR) is 103 cm³/mol. The van der Waals surface area contributed by atoms with Crippen molar-refractivity contribution in [2.75, 3.05) is 0 Å². The van der Waals surface area contributed by atoms with Crippen molar-refractivity contribution >= 4 is 29.4 Å². The largest absolute Gasteiger partial charge is 0.336 e. The lowest BCUT2D eigenvalue weighted by Gasteiger charge is -2.11. The number of urea groups is 1. The van der Waals surface area contributed by atoms with Gasteiger partial charge in [0.1, 0.15) is 0 Å². The zero-order valence-electron chi connectivity index (χ0n) is 15.0. The number of hydrazine groups is 1. The minimum Gasteiger partial charge on any atom is -0.336 e. The molecule has 142 valence electrons. The Bertz CT molecular complexity index is 822. The number of amides is 4. The molecule has 0 aromatic heterocycles. The second-order valence-corrected chi connectivity index (χ2v) is 6.53. The molecule has 4 N–H and O–H groups in total. The van der Waals surface area contributed by atoms with Gasteiger partial charge in [-0.05, 0) is 49.7 Å². The molecule has 2 aromatic carbocycles. The van der Waals surface area contributed by atoms with Crippen LogP contribution in [0.25, 0.3) is 0 Å². The summed E-state index contributed by atoms with van der Waals surface area (Å²) in [4.78, 5) is 35.7. The molecule has 0 atom stereocenters. The zero-order valence-corrected chi connectivity index (χ0v) is 15.8. The smallest absolute Gasteiger partial charge is 0.315 e. The summed E-state index contributed by atoms with van der Waals surface area (Å²) in [6.45, 7) is 4.09. The van der Waals surface area contributed by atoms with Crippen molar-refractivity contribution in [2.24, 2.45) is 0 Å². The Hall–Kier alpha value is -3.06. The highest BCUT2D eigenvalue weighted by Crippen LogP contribution is 2.10. The Morgan fingerprint density at radius 2 is 1.56 bits per heavy atom. The van der Waals surface area contributed by atoms with Crippen LogP contribution in [0.15, 0.2) is 48.5 Å². The van der Waals surface area contributed by atoms with Crippen LogP contribution in [-0.4, -0.2) is 23.9 Å². The molecule has 4 amide bonds. The van der Waals surface area contributed by atoms with E-state index in [1.807, 2.05) is 13.8 Å². The highest BCUT2D eigenvalue weighted by Gasteiger charge is 2.10. The van der Waals surface area contributed by atoms with Gasteiger partial charge in [-0.25, -0.2) is 4.79 Å². The third-order valence-corrected chi connectivity index (χ3v) is 3.70.